The van der Waals surface area contributed by atoms with E-state index in [4.69, 9.17) is 4.74 Å². The maximum absolute atomic E-state index is 11.5. The highest BCUT2D eigenvalue weighted by atomic mass is 16.6. The van der Waals surface area contributed by atoms with Crippen LogP contribution >= 0.6 is 0 Å². The van der Waals surface area contributed by atoms with Gasteiger partial charge in [0.2, 0.25) is 0 Å². The number of carbonyl (C=O) groups is 1. The Kier molecular flexibility index (Phi) is 3.74. The fraction of sp³-hybridized carbons (Fsp3) is 0.429. The lowest BCUT2D eigenvalue weighted by Gasteiger charge is -2.19. The Hall–Kier alpha value is -2.04. The first kappa shape index (κ1) is 13.4. The number of aromatic nitrogens is 2. The van der Waals surface area contributed by atoms with Gasteiger partial charge in [0.05, 0.1) is 0 Å². The minimum Gasteiger partial charge on any atom is -0.444 e. The first-order valence-electron chi connectivity index (χ1n) is 6.33. The number of carbonyl (C=O) groups excluding carboxylic acids is 1. The van der Waals surface area contributed by atoms with Crippen LogP contribution in [0.3, 0.4) is 0 Å². The number of nitrogens with one attached hydrogen (secondary N) is 2. The zero-order valence-corrected chi connectivity index (χ0v) is 11.5. The van der Waals surface area contributed by atoms with E-state index in [-0.39, 0.29) is 6.09 Å². The number of H-pyrrole nitrogens is 1. The van der Waals surface area contributed by atoms with Gasteiger partial charge in [-0.05, 0) is 44.9 Å². The van der Waals surface area contributed by atoms with Crippen molar-refractivity contribution < 1.29 is 9.53 Å². The van der Waals surface area contributed by atoms with Crippen LogP contribution in [-0.2, 0) is 11.2 Å². The lowest BCUT2D eigenvalue weighted by atomic mass is 10.1. The largest absolute Gasteiger partial charge is 0.444 e. The molecule has 2 rings (SSSR count). The molecule has 0 spiro atoms. The summed E-state index contributed by atoms with van der Waals surface area (Å²) in [4.78, 5) is 18.8. The summed E-state index contributed by atoms with van der Waals surface area (Å²) in [6, 6.07) is 3.92. The number of hydrogen-bond acceptors (Lipinski definition) is 3. The van der Waals surface area contributed by atoms with Crippen LogP contribution in [0.25, 0.3) is 11.0 Å². The van der Waals surface area contributed by atoms with E-state index in [2.05, 4.69) is 15.3 Å². The molecule has 0 aliphatic rings. The molecular formula is C14H19N3O2. The van der Waals surface area contributed by atoms with Gasteiger partial charge in [0.25, 0.3) is 0 Å². The van der Waals surface area contributed by atoms with Gasteiger partial charge >= 0.3 is 6.09 Å². The third-order valence-corrected chi connectivity index (χ3v) is 2.60. The summed E-state index contributed by atoms with van der Waals surface area (Å²) in [5, 5.41) is 3.84. The normalized spacial score (nSPS) is 11.5. The van der Waals surface area contributed by atoms with Crippen molar-refractivity contribution in [2.45, 2.75) is 32.8 Å². The first-order valence-corrected chi connectivity index (χ1v) is 6.33. The number of pyridine rings is 1. The van der Waals surface area contributed by atoms with Gasteiger partial charge < -0.3 is 15.0 Å². The predicted octanol–water partition coefficient (Wildman–Crippen LogP) is 2.63. The second kappa shape index (κ2) is 5.30. The molecule has 2 aromatic rings. The number of amides is 1. The molecule has 0 unspecified atom stereocenters. The molecule has 0 aromatic carbocycles. The number of alkyl carbamates (subject to hydrolysis) is 1. The summed E-state index contributed by atoms with van der Waals surface area (Å²) in [7, 11) is 0. The molecule has 2 aromatic heterocycles. The van der Waals surface area contributed by atoms with Crippen molar-refractivity contribution in [2.75, 3.05) is 6.54 Å². The highest BCUT2D eigenvalue weighted by molar-refractivity contribution is 5.79. The second-order valence-electron chi connectivity index (χ2n) is 5.39. The number of fused-ring (bicyclic) bond motifs is 1. The molecule has 0 bridgehead atoms. The van der Waals surface area contributed by atoms with Gasteiger partial charge in [-0.25, -0.2) is 9.78 Å². The SMILES string of the molecule is CC(C)(C)OC(=O)NCCc1c[nH]c2ncccc12. The van der Waals surface area contributed by atoms with Crippen molar-refractivity contribution in [3.63, 3.8) is 0 Å². The van der Waals surface area contributed by atoms with Crippen molar-refractivity contribution in [1.82, 2.24) is 15.3 Å². The Balaban J connectivity index is 1.88. The van der Waals surface area contributed by atoms with E-state index in [0.717, 1.165) is 23.0 Å². The van der Waals surface area contributed by atoms with Gasteiger partial charge in [-0.1, -0.05) is 0 Å². The number of aromatic amines is 1. The number of hydrogen-bond donors (Lipinski definition) is 2. The monoisotopic (exact) mass is 261 g/mol. The molecule has 19 heavy (non-hydrogen) atoms. The van der Waals surface area contributed by atoms with Crippen molar-refractivity contribution in [3.05, 3.63) is 30.1 Å². The molecule has 5 nitrogen and oxygen atoms in total. The third-order valence-electron chi connectivity index (χ3n) is 2.60. The molecule has 2 N–H and O–H groups in total. The average molecular weight is 261 g/mol. The van der Waals surface area contributed by atoms with Crippen LogP contribution in [0.2, 0.25) is 0 Å². The summed E-state index contributed by atoms with van der Waals surface area (Å²) in [5.74, 6) is 0. The van der Waals surface area contributed by atoms with Crippen LogP contribution in [-0.4, -0.2) is 28.2 Å². The minimum absolute atomic E-state index is 0.384. The summed E-state index contributed by atoms with van der Waals surface area (Å²) in [5.41, 5.74) is 1.54. The molecule has 0 aliphatic heterocycles. The third kappa shape index (κ3) is 3.71. The fourth-order valence-corrected chi connectivity index (χ4v) is 1.83. The number of rotatable bonds is 3. The van der Waals surface area contributed by atoms with Crippen molar-refractivity contribution in [3.8, 4) is 0 Å². The van der Waals surface area contributed by atoms with Gasteiger partial charge in [0.15, 0.2) is 0 Å². The van der Waals surface area contributed by atoms with Crippen LogP contribution in [0.4, 0.5) is 4.79 Å². The minimum atomic E-state index is -0.464. The Morgan fingerprint density at radius 2 is 2.26 bits per heavy atom. The summed E-state index contributed by atoms with van der Waals surface area (Å²) in [6.07, 6.45) is 4.03. The van der Waals surface area contributed by atoms with E-state index in [1.54, 1.807) is 6.20 Å². The molecule has 1 amide bonds. The Morgan fingerprint density at radius 3 is 3.00 bits per heavy atom. The Bertz CT molecular complexity index is 569. The summed E-state index contributed by atoms with van der Waals surface area (Å²) < 4.78 is 5.17. The Labute approximate surface area is 112 Å². The fourth-order valence-electron chi connectivity index (χ4n) is 1.83. The van der Waals surface area contributed by atoms with Gasteiger partial charge in [0, 0.05) is 24.3 Å². The molecule has 0 saturated carbocycles. The molecule has 0 saturated heterocycles. The summed E-state index contributed by atoms with van der Waals surface area (Å²) >= 11 is 0. The van der Waals surface area contributed by atoms with Gasteiger partial charge in [-0.15, -0.1) is 0 Å². The quantitative estimate of drug-likeness (QED) is 0.892. The molecule has 2 heterocycles. The smallest absolute Gasteiger partial charge is 0.407 e. The van der Waals surface area contributed by atoms with E-state index in [1.807, 2.05) is 39.1 Å². The maximum Gasteiger partial charge on any atom is 0.407 e. The zero-order valence-electron chi connectivity index (χ0n) is 11.5. The molecule has 0 atom stereocenters. The van der Waals surface area contributed by atoms with Crippen molar-refractivity contribution in [1.29, 1.82) is 0 Å². The number of ether oxygens (including phenoxy) is 1. The van der Waals surface area contributed by atoms with Crippen molar-refractivity contribution in [2.24, 2.45) is 0 Å². The van der Waals surface area contributed by atoms with Crippen LogP contribution in [0.15, 0.2) is 24.5 Å². The lowest BCUT2D eigenvalue weighted by molar-refractivity contribution is 0.0528. The lowest BCUT2D eigenvalue weighted by Crippen LogP contribution is -2.33. The van der Waals surface area contributed by atoms with E-state index in [9.17, 15) is 4.79 Å². The average Bonchev–Trinajstić information content (AvgIpc) is 2.70. The standard InChI is InChI=1S/C14H19N3O2/c1-14(2,3)19-13(18)16-8-6-10-9-17-12-11(10)5-4-7-15-12/h4-5,7,9H,6,8H2,1-3H3,(H,15,17)(H,16,18). The maximum atomic E-state index is 11.5. The van der Waals surface area contributed by atoms with Crippen LogP contribution < -0.4 is 5.32 Å². The van der Waals surface area contributed by atoms with Crippen molar-refractivity contribution >= 4 is 17.1 Å². The molecule has 102 valence electrons. The highest BCUT2D eigenvalue weighted by Crippen LogP contribution is 2.15. The van der Waals surface area contributed by atoms with Crippen LogP contribution in [0.5, 0.6) is 0 Å². The molecule has 0 aliphatic carbocycles. The van der Waals surface area contributed by atoms with Crippen LogP contribution in [0, 0.1) is 0 Å². The molecule has 0 radical (unpaired) electrons. The zero-order chi connectivity index (χ0) is 13.9. The van der Waals surface area contributed by atoms with Gasteiger partial charge in [-0.3, -0.25) is 0 Å². The van der Waals surface area contributed by atoms with E-state index >= 15 is 0 Å². The predicted molar refractivity (Wildman–Crippen MR) is 74.0 cm³/mol. The molecular weight excluding hydrogens is 242 g/mol. The van der Waals surface area contributed by atoms with Gasteiger partial charge in [0.1, 0.15) is 11.2 Å². The highest BCUT2D eigenvalue weighted by Gasteiger charge is 2.15. The first-order chi connectivity index (χ1) is 8.96. The topological polar surface area (TPSA) is 67.0 Å². The second-order valence-corrected chi connectivity index (χ2v) is 5.39. The van der Waals surface area contributed by atoms with E-state index in [0.29, 0.717) is 6.54 Å². The van der Waals surface area contributed by atoms with E-state index < -0.39 is 5.60 Å². The van der Waals surface area contributed by atoms with Gasteiger partial charge in [-0.2, -0.15) is 0 Å². The molecule has 0 fully saturated rings. The van der Waals surface area contributed by atoms with E-state index in [1.165, 1.54) is 0 Å². The number of nitrogens with zero attached hydrogens (tertiary/aromatic N) is 1. The molecule has 5 heteroatoms. The Morgan fingerprint density at radius 1 is 1.47 bits per heavy atom. The van der Waals surface area contributed by atoms with Crippen LogP contribution in [0.1, 0.15) is 26.3 Å². The summed E-state index contributed by atoms with van der Waals surface area (Å²) in [6.45, 7) is 6.07.